The van der Waals surface area contributed by atoms with Crippen molar-refractivity contribution in [2.24, 2.45) is 0 Å². The maximum atomic E-state index is 13.1. The quantitative estimate of drug-likeness (QED) is 0.417. The maximum Gasteiger partial charge on any atom is 0.291 e. The molecular weight excluding hydrogens is 424 g/mol. The number of ether oxygens (including phenoxy) is 1. The number of hydrogen-bond donors (Lipinski definition) is 1. The first-order valence-corrected chi connectivity index (χ1v) is 11.8. The predicted molar refractivity (Wildman–Crippen MR) is 128 cm³/mol. The van der Waals surface area contributed by atoms with E-state index in [1.54, 1.807) is 18.9 Å². The number of thioether (sulfide) groups is 1. The number of rotatable bonds is 8. The molecule has 2 aromatic heterocycles. The number of hydrogen-bond acceptors (Lipinski definition) is 5. The minimum atomic E-state index is -0.303. The molecule has 0 unspecified atom stereocenters. The molecule has 1 N–H and O–H groups in total. The Labute approximate surface area is 190 Å². The molecule has 0 atom stereocenters. The van der Waals surface area contributed by atoms with Crippen molar-refractivity contribution in [3.05, 3.63) is 70.3 Å². The molecule has 0 aliphatic heterocycles. The van der Waals surface area contributed by atoms with E-state index in [1.807, 2.05) is 41.8 Å². The highest BCUT2D eigenvalue weighted by molar-refractivity contribution is 7.98. The van der Waals surface area contributed by atoms with Gasteiger partial charge in [-0.2, -0.15) is 5.10 Å². The zero-order valence-electron chi connectivity index (χ0n) is 18.4. The third kappa shape index (κ3) is 4.23. The fourth-order valence-electron chi connectivity index (χ4n) is 3.85. The van der Waals surface area contributed by atoms with Crippen LogP contribution in [-0.4, -0.2) is 40.0 Å². The molecule has 4 aromatic rings. The van der Waals surface area contributed by atoms with Crippen molar-refractivity contribution in [2.45, 2.75) is 31.2 Å². The van der Waals surface area contributed by atoms with Gasteiger partial charge < -0.3 is 10.1 Å². The van der Waals surface area contributed by atoms with Gasteiger partial charge in [0, 0.05) is 23.2 Å². The van der Waals surface area contributed by atoms with Gasteiger partial charge in [-0.1, -0.05) is 25.1 Å². The second-order valence-corrected chi connectivity index (χ2v) is 8.32. The molecule has 0 saturated heterocycles. The van der Waals surface area contributed by atoms with Crippen LogP contribution in [0.15, 0.2) is 58.2 Å². The van der Waals surface area contributed by atoms with E-state index in [9.17, 15) is 9.59 Å². The molecule has 1 amide bonds. The van der Waals surface area contributed by atoms with Crippen molar-refractivity contribution in [1.29, 1.82) is 0 Å². The van der Waals surface area contributed by atoms with Crippen LogP contribution < -0.4 is 15.6 Å². The standard InChI is InChI=1S/C24H26N4O3S/c1-4-22-26-27(15-23(29)25-13-12-16-8-10-17(32-3)11-9-16)24(30)20-14-18-19(28(20)22)6-5-7-21(18)31-2/h5-11,14H,4,12-13,15H2,1-3H3,(H,25,29). The summed E-state index contributed by atoms with van der Waals surface area (Å²) in [5, 5.41) is 8.23. The minimum Gasteiger partial charge on any atom is -0.496 e. The van der Waals surface area contributed by atoms with Crippen LogP contribution in [0.3, 0.4) is 0 Å². The van der Waals surface area contributed by atoms with Gasteiger partial charge in [-0.05, 0) is 48.6 Å². The van der Waals surface area contributed by atoms with Gasteiger partial charge in [-0.15, -0.1) is 11.8 Å². The molecule has 166 valence electrons. The Bertz CT molecular complexity index is 1330. The summed E-state index contributed by atoms with van der Waals surface area (Å²) in [7, 11) is 1.61. The van der Waals surface area contributed by atoms with Crippen LogP contribution in [0.4, 0.5) is 0 Å². The highest BCUT2D eigenvalue weighted by Crippen LogP contribution is 2.28. The van der Waals surface area contributed by atoms with Crippen LogP contribution in [0.5, 0.6) is 5.75 Å². The number of aromatic nitrogens is 3. The third-order valence-electron chi connectivity index (χ3n) is 5.48. The summed E-state index contributed by atoms with van der Waals surface area (Å²) in [4.78, 5) is 26.8. The van der Waals surface area contributed by atoms with Gasteiger partial charge in [-0.25, -0.2) is 4.68 Å². The zero-order chi connectivity index (χ0) is 22.7. The van der Waals surface area contributed by atoms with Gasteiger partial charge >= 0.3 is 0 Å². The molecule has 4 rings (SSSR count). The van der Waals surface area contributed by atoms with E-state index >= 15 is 0 Å². The topological polar surface area (TPSA) is 77.6 Å². The number of methoxy groups -OCH3 is 1. The third-order valence-corrected chi connectivity index (χ3v) is 6.22. The van der Waals surface area contributed by atoms with Gasteiger partial charge in [0.25, 0.3) is 5.56 Å². The summed E-state index contributed by atoms with van der Waals surface area (Å²) in [5.74, 6) is 1.17. The van der Waals surface area contributed by atoms with Crippen LogP contribution in [0.2, 0.25) is 0 Å². The fourth-order valence-corrected chi connectivity index (χ4v) is 4.25. The highest BCUT2D eigenvalue weighted by Gasteiger charge is 2.17. The lowest BCUT2D eigenvalue weighted by atomic mass is 10.1. The van der Waals surface area contributed by atoms with Crippen molar-refractivity contribution in [3.8, 4) is 5.75 Å². The molecule has 32 heavy (non-hydrogen) atoms. The van der Waals surface area contributed by atoms with Crippen LogP contribution in [0.1, 0.15) is 18.3 Å². The van der Waals surface area contributed by atoms with Crippen LogP contribution in [0.25, 0.3) is 16.4 Å². The largest absolute Gasteiger partial charge is 0.496 e. The number of fused-ring (bicyclic) bond motifs is 3. The van der Waals surface area contributed by atoms with Crippen molar-refractivity contribution in [1.82, 2.24) is 19.5 Å². The Balaban J connectivity index is 1.54. The van der Waals surface area contributed by atoms with E-state index in [0.29, 0.717) is 30.1 Å². The summed E-state index contributed by atoms with van der Waals surface area (Å²) in [6, 6.07) is 15.8. The summed E-state index contributed by atoms with van der Waals surface area (Å²) >= 11 is 1.70. The average Bonchev–Trinajstić information content (AvgIpc) is 3.21. The number of nitrogens with one attached hydrogen (secondary N) is 1. The number of carbonyl (C=O) groups excluding carboxylic acids is 1. The molecule has 8 heteroatoms. The second kappa shape index (κ2) is 9.48. The van der Waals surface area contributed by atoms with Crippen LogP contribution in [-0.2, 0) is 24.2 Å². The lowest BCUT2D eigenvalue weighted by Crippen LogP contribution is -2.36. The molecular formula is C24H26N4O3S. The van der Waals surface area contributed by atoms with E-state index < -0.39 is 0 Å². The molecule has 0 fully saturated rings. The number of carbonyl (C=O) groups is 1. The lowest BCUT2D eigenvalue weighted by Gasteiger charge is -2.11. The number of benzene rings is 2. The minimum absolute atomic E-state index is 0.119. The smallest absolute Gasteiger partial charge is 0.291 e. The Morgan fingerprint density at radius 3 is 2.62 bits per heavy atom. The number of amides is 1. The van der Waals surface area contributed by atoms with E-state index in [2.05, 4.69) is 34.7 Å². The van der Waals surface area contributed by atoms with Gasteiger partial charge in [0.15, 0.2) is 0 Å². The van der Waals surface area contributed by atoms with Gasteiger partial charge in [0.2, 0.25) is 5.91 Å². The summed E-state index contributed by atoms with van der Waals surface area (Å²) in [6.45, 7) is 2.36. The second-order valence-electron chi connectivity index (χ2n) is 7.44. The van der Waals surface area contributed by atoms with Crippen LogP contribution >= 0.6 is 11.8 Å². The SMILES string of the molecule is CCc1nn(CC(=O)NCCc2ccc(SC)cc2)c(=O)c2cc3c(OC)cccc3n12. The van der Waals surface area contributed by atoms with Crippen molar-refractivity contribution in [3.63, 3.8) is 0 Å². The first kappa shape index (κ1) is 22.0. The molecule has 0 aliphatic rings. The highest BCUT2D eigenvalue weighted by atomic mass is 32.2. The van der Waals surface area contributed by atoms with E-state index in [-0.39, 0.29) is 18.0 Å². The Kier molecular flexibility index (Phi) is 6.50. The number of aryl methyl sites for hydroxylation is 1. The fraction of sp³-hybridized carbons (Fsp3) is 0.292. The Hall–Kier alpha value is -3.26. The van der Waals surface area contributed by atoms with Gasteiger partial charge in [-0.3, -0.25) is 14.0 Å². The van der Waals surface area contributed by atoms with Crippen molar-refractivity contribution in [2.75, 3.05) is 19.9 Å². The maximum absolute atomic E-state index is 13.1. The Morgan fingerprint density at radius 2 is 1.94 bits per heavy atom. The average molecular weight is 451 g/mol. The zero-order valence-corrected chi connectivity index (χ0v) is 19.2. The lowest BCUT2D eigenvalue weighted by molar-refractivity contribution is -0.121. The monoisotopic (exact) mass is 450 g/mol. The van der Waals surface area contributed by atoms with Crippen molar-refractivity contribution >= 4 is 34.1 Å². The van der Waals surface area contributed by atoms with E-state index in [4.69, 9.17) is 4.74 Å². The summed E-state index contributed by atoms with van der Waals surface area (Å²) in [5.41, 5.74) is 2.20. The molecule has 2 heterocycles. The van der Waals surface area contributed by atoms with E-state index in [1.165, 1.54) is 9.58 Å². The molecule has 2 aromatic carbocycles. The normalized spacial score (nSPS) is 11.2. The number of nitrogens with zero attached hydrogens (tertiary/aromatic N) is 3. The molecule has 0 bridgehead atoms. The molecule has 0 radical (unpaired) electrons. The Morgan fingerprint density at radius 1 is 1.16 bits per heavy atom. The van der Waals surface area contributed by atoms with Crippen LogP contribution in [0, 0.1) is 0 Å². The molecule has 0 aliphatic carbocycles. The van der Waals surface area contributed by atoms with Gasteiger partial charge in [0.1, 0.15) is 23.6 Å². The summed E-state index contributed by atoms with van der Waals surface area (Å²) in [6.07, 6.45) is 3.39. The molecule has 7 nitrogen and oxygen atoms in total. The predicted octanol–water partition coefficient (Wildman–Crippen LogP) is 3.30. The van der Waals surface area contributed by atoms with Crippen molar-refractivity contribution < 1.29 is 9.53 Å². The van der Waals surface area contributed by atoms with E-state index in [0.717, 1.165) is 22.9 Å². The molecule has 0 spiro atoms. The first-order valence-electron chi connectivity index (χ1n) is 10.5. The van der Waals surface area contributed by atoms with Gasteiger partial charge in [0.05, 0.1) is 12.6 Å². The summed E-state index contributed by atoms with van der Waals surface area (Å²) < 4.78 is 8.56. The first-order chi connectivity index (χ1) is 15.5. The molecule has 0 saturated carbocycles.